The van der Waals surface area contributed by atoms with Crippen molar-refractivity contribution in [3.63, 3.8) is 0 Å². The van der Waals surface area contributed by atoms with Crippen molar-refractivity contribution in [1.82, 2.24) is 14.8 Å². The number of carbonyl (C=O) groups is 2. The lowest BCUT2D eigenvalue weighted by atomic mass is 10.1. The first-order valence-corrected chi connectivity index (χ1v) is 10.7. The van der Waals surface area contributed by atoms with Gasteiger partial charge in [-0.3, -0.25) is 9.59 Å². The van der Waals surface area contributed by atoms with Crippen molar-refractivity contribution in [2.45, 2.75) is 6.92 Å². The van der Waals surface area contributed by atoms with Gasteiger partial charge in [-0.05, 0) is 36.8 Å². The van der Waals surface area contributed by atoms with E-state index in [1.807, 2.05) is 13.0 Å². The summed E-state index contributed by atoms with van der Waals surface area (Å²) < 4.78 is 19.3. The number of hydrogen-bond donors (Lipinski definition) is 0. The summed E-state index contributed by atoms with van der Waals surface area (Å²) in [5.41, 5.74) is 1.92. The van der Waals surface area contributed by atoms with Crippen molar-refractivity contribution < 1.29 is 18.7 Å². The zero-order valence-corrected chi connectivity index (χ0v) is 18.1. The molecule has 1 fully saturated rings. The van der Waals surface area contributed by atoms with E-state index in [1.165, 1.54) is 23.6 Å². The highest BCUT2D eigenvalue weighted by Crippen LogP contribution is 2.28. The van der Waals surface area contributed by atoms with Crippen LogP contribution in [0.2, 0.25) is 0 Å². The molecule has 4 rings (SSSR count). The third-order valence-electron chi connectivity index (χ3n) is 5.33. The standard InChI is InChI=1S/C23H22FN3O3S/c1-15-7-8-16(13-19(15)30-2)22(28)26-9-11-27(12-10-26)23(29)20-14-25-21(31-20)17-5-3-4-6-18(17)24/h3-8,13-14H,9-12H2,1-2H3. The average Bonchev–Trinajstić information content (AvgIpc) is 3.29. The highest BCUT2D eigenvalue weighted by molar-refractivity contribution is 7.16. The molecule has 0 bridgehead atoms. The first kappa shape index (κ1) is 21.0. The molecule has 2 heterocycles. The van der Waals surface area contributed by atoms with Crippen LogP contribution in [0.25, 0.3) is 10.6 Å². The topological polar surface area (TPSA) is 62.7 Å². The van der Waals surface area contributed by atoms with Gasteiger partial charge in [0.25, 0.3) is 11.8 Å². The van der Waals surface area contributed by atoms with Crippen molar-refractivity contribution in [1.29, 1.82) is 0 Å². The second-order valence-corrected chi connectivity index (χ2v) is 8.31. The Hall–Kier alpha value is -3.26. The molecule has 3 aromatic rings. The highest BCUT2D eigenvalue weighted by Gasteiger charge is 2.27. The van der Waals surface area contributed by atoms with Crippen molar-refractivity contribution in [3.8, 4) is 16.3 Å². The minimum Gasteiger partial charge on any atom is -0.496 e. The number of ether oxygens (including phenoxy) is 1. The summed E-state index contributed by atoms with van der Waals surface area (Å²) in [5, 5.41) is 0.476. The lowest BCUT2D eigenvalue weighted by Crippen LogP contribution is -2.50. The Kier molecular flexibility index (Phi) is 5.99. The predicted octanol–water partition coefficient (Wildman–Crippen LogP) is 3.86. The molecule has 2 amide bonds. The molecule has 160 valence electrons. The molecule has 6 nitrogen and oxygen atoms in total. The molecule has 8 heteroatoms. The summed E-state index contributed by atoms with van der Waals surface area (Å²) in [6, 6.07) is 11.8. The maximum atomic E-state index is 14.0. The molecule has 0 saturated carbocycles. The average molecular weight is 440 g/mol. The Morgan fingerprint density at radius 2 is 1.71 bits per heavy atom. The Balaban J connectivity index is 1.40. The van der Waals surface area contributed by atoms with Gasteiger partial charge in [0.2, 0.25) is 0 Å². The maximum Gasteiger partial charge on any atom is 0.265 e. The summed E-state index contributed by atoms with van der Waals surface area (Å²) in [4.78, 5) is 33.9. The normalized spacial score (nSPS) is 13.9. The Morgan fingerprint density at radius 3 is 2.39 bits per heavy atom. The van der Waals surface area contributed by atoms with Gasteiger partial charge in [0.15, 0.2) is 0 Å². The molecule has 0 atom stereocenters. The van der Waals surface area contributed by atoms with Gasteiger partial charge >= 0.3 is 0 Å². The number of amides is 2. The molecule has 0 radical (unpaired) electrons. The second kappa shape index (κ2) is 8.85. The zero-order chi connectivity index (χ0) is 22.0. The molecule has 1 aliphatic rings. The van der Waals surface area contributed by atoms with E-state index in [9.17, 15) is 14.0 Å². The van der Waals surface area contributed by atoms with Gasteiger partial charge in [-0.25, -0.2) is 9.37 Å². The number of methoxy groups -OCH3 is 1. The Morgan fingerprint density at radius 1 is 1.03 bits per heavy atom. The van der Waals surface area contributed by atoms with E-state index in [0.717, 1.165) is 5.56 Å². The number of nitrogens with zero attached hydrogens (tertiary/aromatic N) is 3. The number of thiazole rings is 1. The zero-order valence-electron chi connectivity index (χ0n) is 17.3. The van der Waals surface area contributed by atoms with Crippen LogP contribution in [0.1, 0.15) is 25.6 Å². The van der Waals surface area contributed by atoms with Gasteiger partial charge in [-0.15, -0.1) is 11.3 Å². The quantitative estimate of drug-likeness (QED) is 0.619. The lowest BCUT2D eigenvalue weighted by Gasteiger charge is -2.34. The SMILES string of the molecule is COc1cc(C(=O)N2CCN(C(=O)c3cnc(-c4ccccc4F)s3)CC2)ccc1C. The van der Waals surface area contributed by atoms with Gasteiger partial charge in [0.05, 0.1) is 13.3 Å². The summed E-state index contributed by atoms with van der Waals surface area (Å²) in [5.74, 6) is 0.0837. The number of benzene rings is 2. The summed E-state index contributed by atoms with van der Waals surface area (Å²) in [7, 11) is 1.58. The Labute approximate surface area is 183 Å². The van der Waals surface area contributed by atoms with E-state index in [2.05, 4.69) is 4.98 Å². The van der Waals surface area contributed by atoms with Gasteiger partial charge in [0, 0.05) is 37.3 Å². The molecular weight excluding hydrogens is 417 g/mol. The van der Waals surface area contributed by atoms with Crippen LogP contribution in [0.3, 0.4) is 0 Å². The van der Waals surface area contributed by atoms with Crippen molar-refractivity contribution in [2.24, 2.45) is 0 Å². The predicted molar refractivity (Wildman–Crippen MR) is 117 cm³/mol. The number of halogens is 1. The number of rotatable bonds is 4. The van der Waals surface area contributed by atoms with E-state index in [1.54, 1.807) is 47.2 Å². The van der Waals surface area contributed by atoms with Gasteiger partial charge in [-0.2, -0.15) is 0 Å². The molecule has 2 aromatic carbocycles. The van der Waals surface area contributed by atoms with Crippen LogP contribution < -0.4 is 4.74 Å². The molecule has 1 aliphatic heterocycles. The summed E-state index contributed by atoms with van der Waals surface area (Å²) in [6.07, 6.45) is 1.49. The van der Waals surface area contributed by atoms with Crippen LogP contribution in [-0.2, 0) is 0 Å². The lowest BCUT2D eigenvalue weighted by molar-refractivity contribution is 0.0538. The fourth-order valence-corrected chi connectivity index (χ4v) is 4.45. The van der Waals surface area contributed by atoms with Crippen LogP contribution >= 0.6 is 11.3 Å². The number of piperazine rings is 1. The molecule has 0 spiro atoms. The second-order valence-electron chi connectivity index (χ2n) is 7.28. The molecule has 31 heavy (non-hydrogen) atoms. The van der Waals surface area contributed by atoms with Gasteiger partial charge in [0.1, 0.15) is 21.5 Å². The summed E-state index contributed by atoms with van der Waals surface area (Å²) >= 11 is 1.17. The third kappa shape index (κ3) is 4.29. The fraction of sp³-hybridized carbons (Fsp3) is 0.261. The van der Waals surface area contributed by atoms with Crippen molar-refractivity contribution >= 4 is 23.2 Å². The van der Waals surface area contributed by atoms with Crippen molar-refractivity contribution in [2.75, 3.05) is 33.3 Å². The number of aromatic nitrogens is 1. The molecule has 1 aromatic heterocycles. The van der Waals surface area contributed by atoms with E-state index < -0.39 is 0 Å². The highest BCUT2D eigenvalue weighted by atomic mass is 32.1. The first-order valence-electron chi connectivity index (χ1n) is 9.92. The van der Waals surface area contributed by atoms with Crippen molar-refractivity contribution in [3.05, 3.63) is 70.5 Å². The van der Waals surface area contributed by atoms with E-state index in [4.69, 9.17) is 4.74 Å². The third-order valence-corrected chi connectivity index (χ3v) is 6.35. The van der Waals surface area contributed by atoms with Gasteiger partial charge in [-0.1, -0.05) is 18.2 Å². The van der Waals surface area contributed by atoms with Crippen LogP contribution in [0, 0.1) is 12.7 Å². The maximum absolute atomic E-state index is 14.0. The minimum absolute atomic E-state index is 0.0787. The molecule has 1 saturated heterocycles. The first-order chi connectivity index (χ1) is 15.0. The fourth-order valence-electron chi connectivity index (χ4n) is 3.54. The molecule has 0 N–H and O–H groups in total. The van der Waals surface area contributed by atoms with Crippen LogP contribution in [0.15, 0.2) is 48.7 Å². The number of hydrogen-bond acceptors (Lipinski definition) is 5. The largest absolute Gasteiger partial charge is 0.496 e. The molecular formula is C23H22FN3O3S. The number of carbonyl (C=O) groups excluding carboxylic acids is 2. The minimum atomic E-state index is -0.365. The van der Waals surface area contributed by atoms with E-state index in [-0.39, 0.29) is 17.6 Å². The Bertz CT molecular complexity index is 1120. The monoisotopic (exact) mass is 439 g/mol. The smallest absolute Gasteiger partial charge is 0.265 e. The van der Waals surface area contributed by atoms with Crippen LogP contribution in [-0.4, -0.2) is 59.9 Å². The van der Waals surface area contributed by atoms with Crippen LogP contribution in [0.5, 0.6) is 5.75 Å². The number of aryl methyl sites for hydroxylation is 1. The van der Waals surface area contributed by atoms with Crippen LogP contribution in [0.4, 0.5) is 4.39 Å². The van der Waals surface area contributed by atoms with E-state index >= 15 is 0 Å². The summed E-state index contributed by atoms with van der Waals surface area (Å²) in [6.45, 7) is 3.68. The van der Waals surface area contributed by atoms with Gasteiger partial charge < -0.3 is 14.5 Å². The van der Waals surface area contributed by atoms with E-state index in [0.29, 0.717) is 52.9 Å². The molecule has 0 aliphatic carbocycles. The molecule has 0 unspecified atom stereocenters.